The molecule has 1 unspecified atom stereocenters. The van der Waals surface area contributed by atoms with E-state index in [1.165, 1.54) is 30.5 Å². The minimum Gasteiger partial charge on any atom is -0.481 e. The van der Waals surface area contributed by atoms with Crippen molar-refractivity contribution in [1.82, 2.24) is 5.32 Å². The van der Waals surface area contributed by atoms with E-state index in [4.69, 9.17) is 4.74 Å². The first-order valence-electron chi connectivity index (χ1n) is 10.6. The molecule has 1 heterocycles. The van der Waals surface area contributed by atoms with Gasteiger partial charge < -0.3 is 15.0 Å². The van der Waals surface area contributed by atoms with Crippen LogP contribution < -0.4 is 15.0 Å². The van der Waals surface area contributed by atoms with Gasteiger partial charge in [-0.15, -0.1) is 0 Å². The maximum Gasteiger partial charge on any atom is 0.261 e. The van der Waals surface area contributed by atoms with Crippen molar-refractivity contribution in [2.45, 2.75) is 58.6 Å². The molecule has 0 aromatic heterocycles. The molecule has 0 radical (unpaired) electrons. The van der Waals surface area contributed by atoms with Gasteiger partial charge in [0.2, 0.25) is 0 Å². The highest BCUT2D eigenvalue weighted by molar-refractivity contribution is 5.81. The largest absolute Gasteiger partial charge is 0.481 e. The molecule has 0 bridgehead atoms. The molecule has 1 saturated heterocycles. The molecule has 1 fully saturated rings. The standard InChI is InChI=1S/C24H32N2O2/c1-3-19-10-14-22(15-11-19)28-23(4-2)24(27)25-18-20-8-12-21(13-9-20)26-16-6-5-7-17-26/h8-15,23H,3-7,16-18H2,1-2H3,(H,25,27). The molecule has 150 valence electrons. The zero-order valence-electron chi connectivity index (χ0n) is 17.1. The number of piperidine rings is 1. The highest BCUT2D eigenvalue weighted by Gasteiger charge is 2.18. The Morgan fingerprint density at radius 2 is 1.61 bits per heavy atom. The van der Waals surface area contributed by atoms with Crippen LogP contribution in [0.4, 0.5) is 5.69 Å². The van der Waals surface area contributed by atoms with Gasteiger partial charge in [0.1, 0.15) is 5.75 Å². The lowest BCUT2D eigenvalue weighted by molar-refractivity contribution is -0.128. The van der Waals surface area contributed by atoms with Crippen molar-refractivity contribution in [2.75, 3.05) is 18.0 Å². The number of ether oxygens (including phenoxy) is 1. The molecule has 1 aliphatic rings. The minimum atomic E-state index is -0.472. The van der Waals surface area contributed by atoms with Crippen LogP contribution in [0.5, 0.6) is 5.75 Å². The molecule has 3 rings (SSSR count). The van der Waals surface area contributed by atoms with E-state index < -0.39 is 6.10 Å². The van der Waals surface area contributed by atoms with Crippen molar-refractivity contribution < 1.29 is 9.53 Å². The zero-order valence-corrected chi connectivity index (χ0v) is 17.1. The molecular weight excluding hydrogens is 348 g/mol. The maximum absolute atomic E-state index is 12.5. The molecule has 28 heavy (non-hydrogen) atoms. The molecule has 0 aliphatic carbocycles. The molecule has 4 heteroatoms. The number of carbonyl (C=O) groups excluding carboxylic acids is 1. The van der Waals surface area contributed by atoms with Gasteiger partial charge in [-0.3, -0.25) is 4.79 Å². The lowest BCUT2D eigenvalue weighted by Crippen LogP contribution is -2.37. The Balaban J connectivity index is 1.51. The summed E-state index contributed by atoms with van der Waals surface area (Å²) in [6.07, 6.45) is 5.04. The Bertz CT molecular complexity index is 734. The van der Waals surface area contributed by atoms with Crippen molar-refractivity contribution in [2.24, 2.45) is 0 Å². The average Bonchev–Trinajstić information content (AvgIpc) is 2.77. The Kier molecular flexibility index (Phi) is 7.35. The monoisotopic (exact) mass is 380 g/mol. The summed E-state index contributed by atoms with van der Waals surface area (Å²) in [5, 5.41) is 3.01. The molecule has 2 aromatic rings. The van der Waals surface area contributed by atoms with E-state index in [-0.39, 0.29) is 5.91 Å². The summed E-state index contributed by atoms with van der Waals surface area (Å²) in [4.78, 5) is 15.0. The molecule has 1 N–H and O–H groups in total. The normalized spacial score (nSPS) is 15.1. The minimum absolute atomic E-state index is 0.0674. The predicted octanol–water partition coefficient (Wildman–Crippen LogP) is 4.71. The quantitative estimate of drug-likeness (QED) is 0.721. The molecule has 1 aliphatic heterocycles. The van der Waals surface area contributed by atoms with Crippen molar-refractivity contribution in [1.29, 1.82) is 0 Å². The van der Waals surface area contributed by atoms with Crippen molar-refractivity contribution in [3.05, 3.63) is 59.7 Å². The number of aryl methyl sites for hydroxylation is 1. The second kappa shape index (κ2) is 10.2. The summed E-state index contributed by atoms with van der Waals surface area (Å²) in [7, 11) is 0. The van der Waals surface area contributed by atoms with Crippen LogP contribution in [0.1, 0.15) is 50.7 Å². The van der Waals surface area contributed by atoms with E-state index in [0.717, 1.165) is 30.8 Å². The summed E-state index contributed by atoms with van der Waals surface area (Å²) in [5.41, 5.74) is 3.65. The van der Waals surface area contributed by atoms with Gasteiger partial charge >= 0.3 is 0 Å². The molecule has 4 nitrogen and oxygen atoms in total. The maximum atomic E-state index is 12.5. The van der Waals surface area contributed by atoms with E-state index in [1.807, 2.05) is 31.2 Å². The van der Waals surface area contributed by atoms with Gasteiger partial charge in [-0.25, -0.2) is 0 Å². The lowest BCUT2D eigenvalue weighted by Gasteiger charge is -2.28. The molecule has 0 saturated carbocycles. The molecular formula is C24H32N2O2. The summed E-state index contributed by atoms with van der Waals surface area (Å²) in [5.74, 6) is 0.673. The second-order valence-electron chi connectivity index (χ2n) is 7.44. The topological polar surface area (TPSA) is 41.6 Å². The average molecular weight is 381 g/mol. The van der Waals surface area contributed by atoms with Gasteiger partial charge in [-0.05, 0) is 67.5 Å². The second-order valence-corrected chi connectivity index (χ2v) is 7.44. The summed E-state index contributed by atoms with van der Waals surface area (Å²) in [6, 6.07) is 16.5. The van der Waals surface area contributed by atoms with Crippen LogP contribution in [0, 0.1) is 0 Å². The number of carbonyl (C=O) groups is 1. The zero-order chi connectivity index (χ0) is 19.8. The van der Waals surface area contributed by atoms with E-state index in [0.29, 0.717) is 13.0 Å². The molecule has 1 atom stereocenters. The van der Waals surface area contributed by atoms with Crippen LogP contribution in [-0.4, -0.2) is 25.1 Å². The van der Waals surface area contributed by atoms with Crippen LogP contribution >= 0.6 is 0 Å². The van der Waals surface area contributed by atoms with Gasteiger partial charge in [-0.2, -0.15) is 0 Å². The highest BCUT2D eigenvalue weighted by Crippen LogP contribution is 2.20. The number of hydrogen-bond donors (Lipinski definition) is 1. The number of hydrogen-bond acceptors (Lipinski definition) is 3. The Morgan fingerprint density at radius 3 is 2.21 bits per heavy atom. The van der Waals surface area contributed by atoms with Gasteiger partial charge in [0.15, 0.2) is 6.10 Å². The summed E-state index contributed by atoms with van der Waals surface area (Å²) in [6.45, 7) is 6.90. The van der Waals surface area contributed by atoms with Crippen LogP contribution in [-0.2, 0) is 17.8 Å². The van der Waals surface area contributed by atoms with Crippen LogP contribution in [0.25, 0.3) is 0 Å². The van der Waals surface area contributed by atoms with Gasteiger partial charge in [0.25, 0.3) is 5.91 Å². The predicted molar refractivity (Wildman–Crippen MR) is 115 cm³/mol. The van der Waals surface area contributed by atoms with Gasteiger partial charge in [-0.1, -0.05) is 38.1 Å². The van der Waals surface area contributed by atoms with Gasteiger partial charge in [0, 0.05) is 25.3 Å². The first kappa shape index (κ1) is 20.2. The van der Waals surface area contributed by atoms with Gasteiger partial charge in [0.05, 0.1) is 0 Å². The first-order chi connectivity index (χ1) is 13.7. The molecule has 2 aromatic carbocycles. The van der Waals surface area contributed by atoms with Crippen LogP contribution in [0.15, 0.2) is 48.5 Å². The summed E-state index contributed by atoms with van der Waals surface area (Å²) < 4.78 is 5.89. The number of nitrogens with zero attached hydrogens (tertiary/aromatic N) is 1. The fourth-order valence-electron chi connectivity index (χ4n) is 3.57. The summed E-state index contributed by atoms with van der Waals surface area (Å²) >= 11 is 0. The van der Waals surface area contributed by atoms with Crippen molar-refractivity contribution in [3.8, 4) is 5.75 Å². The molecule has 0 spiro atoms. The first-order valence-corrected chi connectivity index (χ1v) is 10.6. The van der Waals surface area contributed by atoms with E-state index in [9.17, 15) is 4.79 Å². The number of benzene rings is 2. The number of nitrogens with one attached hydrogen (secondary N) is 1. The fourth-order valence-corrected chi connectivity index (χ4v) is 3.57. The SMILES string of the molecule is CCc1ccc(OC(CC)C(=O)NCc2ccc(N3CCCCC3)cc2)cc1. The number of rotatable bonds is 8. The van der Waals surface area contributed by atoms with E-state index >= 15 is 0 Å². The third kappa shape index (κ3) is 5.51. The van der Waals surface area contributed by atoms with Crippen LogP contribution in [0.3, 0.4) is 0 Å². The fraction of sp³-hybridized carbons (Fsp3) is 0.458. The van der Waals surface area contributed by atoms with E-state index in [2.05, 4.69) is 41.4 Å². The Morgan fingerprint density at radius 1 is 0.964 bits per heavy atom. The highest BCUT2D eigenvalue weighted by atomic mass is 16.5. The number of anilines is 1. The van der Waals surface area contributed by atoms with E-state index in [1.54, 1.807) is 0 Å². The van der Waals surface area contributed by atoms with Crippen LogP contribution in [0.2, 0.25) is 0 Å². The Labute approximate surface area is 168 Å². The Hall–Kier alpha value is -2.49. The van der Waals surface area contributed by atoms with Crippen molar-refractivity contribution in [3.63, 3.8) is 0 Å². The number of amides is 1. The lowest BCUT2D eigenvalue weighted by atomic mass is 10.1. The van der Waals surface area contributed by atoms with Crippen molar-refractivity contribution >= 4 is 11.6 Å². The third-order valence-electron chi connectivity index (χ3n) is 5.40. The third-order valence-corrected chi connectivity index (χ3v) is 5.40. The molecule has 1 amide bonds. The smallest absolute Gasteiger partial charge is 0.261 e.